The second-order valence-electron chi connectivity index (χ2n) is 4.99. The summed E-state index contributed by atoms with van der Waals surface area (Å²) in [5.41, 5.74) is -0.440. The highest BCUT2D eigenvalue weighted by molar-refractivity contribution is 7.09. The SMILES string of the molecule is CN(C)C(=O)C/C=C/C(C)(C)[C@H](O)c1nccs1. The van der Waals surface area contributed by atoms with Crippen molar-refractivity contribution >= 4 is 17.2 Å². The molecule has 1 aromatic rings. The molecule has 5 heteroatoms. The number of thiazole rings is 1. The van der Waals surface area contributed by atoms with Gasteiger partial charge in [-0.05, 0) is 0 Å². The van der Waals surface area contributed by atoms with Gasteiger partial charge >= 0.3 is 0 Å². The van der Waals surface area contributed by atoms with Crippen LogP contribution in [0.25, 0.3) is 0 Å². The summed E-state index contributed by atoms with van der Waals surface area (Å²) < 4.78 is 0. The smallest absolute Gasteiger partial charge is 0.225 e. The fourth-order valence-electron chi connectivity index (χ4n) is 1.42. The van der Waals surface area contributed by atoms with Crippen molar-refractivity contribution in [2.75, 3.05) is 14.1 Å². The monoisotopic (exact) mass is 268 g/mol. The summed E-state index contributed by atoms with van der Waals surface area (Å²) in [5.74, 6) is 0.0470. The highest BCUT2D eigenvalue weighted by atomic mass is 32.1. The molecule has 0 bridgehead atoms. The van der Waals surface area contributed by atoms with Gasteiger partial charge in [0, 0.05) is 37.5 Å². The molecule has 1 N–H and O–H groups in total. The van der Waals surface area contributed by atoms with E-state index in [1.54, 1.807) is 31.3 Å². The summed E-state index contributed by atoms with van der Waals surface area (Å²) in [4.78, 5) is 17.1. The molecule has 0 radical (unpaired) electrons. The third kappa shape index (κ3) is 3.92. The van der Waals surface area contributed by atoms with Crippen LogP contribution in [-0.2, 0) is 4.79 Å². The van der Waals surface area contributed by atoms with E-state index in [2.05, 4.69) is 4.98 Å². The highest BCUT2D eigenvalue weighted by Gasteiger charge is 2.28. The Morgan fingerprint density at radius 2 is 2.28 bits per heavy atom. The van der Waals surface area contributed by atoms with E-state index in [4.69, 9.17) is 0 Å². The fraction of sp³-hybridized carbons (Fsp3) is 0.538. The average Bonchev–Trinajstić information content (AvgIpc) is 2.80. The number of nitrogens with zero attached hydrogens (tertiary/aromatic N) is 2. The normalized spacial score (nSPS) is 13.8. The Morgan fingerprint density at radius 1 is 1.61 bits per heavy atom. The molecule has 4 nitrogen and oxygen atoms in total. The fourth-order valence-corrected chi connectivity index (χ4v) is 2.24. The van der Waals surface area contributed by atoms with Gasteiger partial charge in [-0.3, -0.25) is 4.79 Å². The molecule has 1 heterocycles. The number of hydrogen-bond acceptors (Lipinski definition) is 4. The number of hydrogen-bond donors (Lipinski definition) is 1. The predicted octanol–water partition coefficient (Wildman–Crippen LogP) is 2.24. The maximum Gasteiger partial charge on any atom is 0.225 e. The van der Waals surface area contributed by atoms with Gasteiger partial charge in [0.15, 0.2) is 0 Å². The number of rotatable bonds is 5. The summed E-state index contributed by atoms with van der Waals surface area (Å²) in [5, 5.41) is 12.8. The Labute approximate surface area is 112 Å². The minimum Gasteiger partial charge on any atom is -0.385 e. The summed E-state index contributed by atoms with van der Waals surface area (Å²) in [6.45, 7) is 3.85. The second-order valence-corrected chi connectivity index (χ2v) is 5.92. The van der Waals surface area contributed by atoms with Gasteiger partial charge in [0.25, 0.3) is 0 Å². The maximum absolute atomic E-state index is 11.4. The molecule has 1 aromatic heterocycles. The molecule has 1 atom stereocenters. The lowest BCUT2D eigenvalue weighted by Crippen LogP contribution is -2.22. The van der Waals surface area contributed by atoms with Gasteiger partial charge in [-0.2, -0.15) is 0 Å². The van der Waals surface area contributed by atoms with Gasteiger partial charge in [0.2, 0.25) is 5.91 Å². The van der Waals surface area contributed by atoms with Gasteiger partial charge < -0.3 is 10.0 Å². The first-order valence-electron chi connectivity index (χ1n) is 5.80. The number of carbonyl (C=O) groups excluding carboxylic acids is 1. The molecule has 100 valence electrons. The lowest BCUT2D eigenvalue weighted by Gasteiger charge is -2.25. The topological polar surface area (TPSA) is 53.4 Å². The molecular formula is C13H20N2O2S. The molecule has 1 amide bonds. The number of carbonyl (C=O) groups is 1. The average molecular weight is 268 g/mol. The quantitative estimate of drug-likeness (QED) is 0.833. The van der Waals surface area contributed by atoms with Crippen LogP contribution in [0.5, 0.6) is 0 Å². The first-order valence-corrected chi connectivity index (χ1v) is 6.68. The molecule has 0 aliphatic rings. The van der Waals surface area contributed by atoms with Crippen LogP contribution in [-0.4, -0.2) is 35.0 Å². The summed E-state index contributed by atoms with van der Waals surface area (Å²) >= 11 is 1.43. The molecule has 0 saturated carbocycles. The van der Waals surface area contributed by atoms with E-state index in [1.165, 1.54) is 11.3 Å². The molecule has 0 aliphatic heterocycles. The van der Waals surface area contributed by atoms with E-state index in [9.17, 15) is 9.90 Å². The molecule has 0 saturated heterocycles. The van der Waals surface area contributed by atoms with Crippen molar-refractivity contribution in [1.29, 1.82) is 0 Å². The molecular weight excluding hydrogens is 248 g/mol. The summed E-state index contributed by atoms with van der Waals surface area (Å²) in [6.07, 6.45) is 5.06. The van der Waals surface area contributed by atoms with Gasteiger partial charge in [-0.15, -0.1) is 11.3 Å². The van der Waals surface area contributed by atoms with Gasteiger partial charge in [-0.25, -0.2) is 4.98 Å². The molecule has 0 aliphatic carbocycles. The highest BCUT2D eigenvalue weighted by Crippen LogP contribution is 2.35. The van der Waals surface area contributed by atoms with Crippen molar-refractivity contribution in [2.24, 2.45) is 5.41 Å². The lowest BCUT2D eigenvalue weighted by molar-refractivity contribution is -0.127. The Kier molecular flexibility index (Phi) is 5.04. The second kappa shape index (κ2) is 6.11. The van der Waals surface area contributed by atoms with E-state index in [1.807, 2.05) is 25.3 Å². The van der Waals surface area contributed by atoms with Gasteiger partial charge in [-0.1, -0.05) is 26.0 Å². The third-order valence-corrected chi connectivity index (χ3v) is 3.56. The van der Waals surface area contributed by atoms with E-state index in [0.29, 0.717) is 11.4 Å². The molecule has 0 aromatic carbocycles. The maximum atomic E-state index is 11.4. The zero-order chi connectivity index (χ0) is 13.8. The minimum absolute atomic E-state index is 0.0470. The van der Waals surface area contributed by atoms with Crippen molar-refractivity contribution in [3.8, 4) is 0 Å². The summed E-state index contributed by atoms with van der Waals surface area (Å²) in [6, 6.07) is 0. The first kappa shape index (κ1) is 14.9. The van der Waals surface area contributed by atoms with Crippen molar-refractivity contribution in [1.82, 2.24) is 9.88 Å². The third-order valence-electron chi connectivity index (χ3n) is 2.73. The number of amides is 1. The van der Waals surface area contributed by atoms with Gasteiger partial charge in [0.1, 0.15) is 11.1 Å². The van der Waals surface area contributed by atoms with E-state index in [-0.39, 0.29) is 5.91 Å². The summed E-state index contributed by atoms with van der Waals surface area (Å²) in [7, 11) is 3.46. The van der Waals surface area contributed by atoms with Crippen molar-refractivity contribution in [3.05, 3.63) is 28.7 Å². The van der Waals surface area contributed by atoms with Crippen LogP contribution in [0.2, 0.25) is 0 Å². The lowest BCUT2D eigenvalue weighted by atomic mass is 9.86. The van der Waals surface area contributed by atoms with Crippen LogP contribution < -0.4 is 0 Å². The predicted molar refractivity (Wildman–Crippen MR) is 73.3 cm³/mol. The van der Waals surface area contributed by atoms with Crippen LogP contribution in [0.1, 0.15) is 31.4 Å². The van der Waals surface area contributed by atoms with Crippen molar-refractivity contribution in [2.45, 2.75) is 26.4 Å². The zero-order valence-electron chi connectivity index (χ0n) is 11.3. The van der Waals surface area contributed by atoms with E-state index < -0.39 is 11.5 Å². The van der Waals surface area contributed by atoms with Gasteiger partial charge in [0.05, 0.1) is 0 Å². The largest absolute Gasteiger partial charge is 0.385 e. The van der Waals surface area contributed by atoms with Crippen LogP contribution in [0.15, 0.2) is 23.7 Å². The van der Waals surface area contributed by atoms with E-state index >= 15 is 0 Å². The van der Waals surface area contributed by atoms with Crippen LogP contribution >= 0.6 is 11.3 Å². The van der Waals surface area contributed by atoms with E-state index in [0.717, 1.165) is 0 Å². The van der Waals surface area contributed by atoms with Crippen molar-refractivity contribution in [3.63, 3.8) is 0 Å². The molecule has 0 fully saturated rings. The van der Waals surface area contributed by atoms with Crippen LogP contribution in [0.3, 0.4) is 0 Å². The molecule has 0 spiro atoms. The number of aliphatic hydroxyl groups is 1. The Balaban J connectivity index is 2.64. The zero-order valence-corrected chi connectivity index (χ0v) is 12.1. The standard InChI is InChI=1S/C13H20N2O2S/c1-13(2,7-5-6-10(16)15(3)4)11(17)12-14-8-9-18-12/h5,7-9,11,17H,6H2,1-4H3/b7-5+/t11-/m1/s1. The number of aromatic nitrogens is 1. The Morgan fingerprint density at radius 3 is 2.78 bits per heavy atom. The number of aliphatic hydroxyl groups excluding tert-OH is 1. The molecule has 1 rings (SSSR count). The van der Waals surface area contributed by atoms with Crippen molar-refractivity contribution < 1.29 is 9.90 Å². The first-order chi connectivity index (χ1) is 8.34. The Hall–Kier alpha value is -1.20. The minimum atomic E-state index is -0.650. The van der Waals surface area contributed by atoms with Crippen LogP contribution in [0, 0.1) is 5.41 Å². The Bertz CT molecular complexity index is 411. The molecule has 18 heavy (non-hydrogen) atoms. The van der Waals surface area contributed by atoms with Crippen LogP contribution in [0.4, 0.5) is 0 Å². The molecule has 0 unspecified atom stereocenters.